The molecule has 0 spiro atoms. The number of carbonyl (C=O) groups is 2. The summed E-state index contributed by atoms with van der Waals surface area (Å²) in [7, 11) is 0. The fraction of sp³-hybridized carbons (Fsp3) is 0.321. The van der Waals surface area contributed by atoms with Gasteiger partial charge in [0.25, 0.3) is 11.8 Å². The van der Waals surface area contributed by atoms with Crippen molar-refractivity contribution in [2.45, 2.75) is 38.0 Å². The zero-order valence-corrected chi connectivity index (χ0v) is 20.5. The van der Waals surface area contributed by atoms with Crippen LogP contribution in [0.1, 0.15) is 51.2 Å². The molecule has 0 unspecified atom stereocenters. The van der Waals surface area contributed by atoms with E-state index in [2.05, 4.69) is 5.32 Å². The van der Waals surface area contributed by atoms with E-state index in [-0.39, 0.29) is 42.3 Å². The van der Waals surface area contributed by atoms with Gasteiger partial charge in [-0.05, 0) is 30.9 Å². The topological polar surface area (TPSA) is 80.6 Å². The molecule has 3 heterocycles. The van der Waals surface area contributed by atoms with Crippen molar-refractivity contribution in [2.75, 3.05) is 19.8 Å². The molecule has 0 radical (unpaired) electrons. The molecular formula is C28H26F3N3O4. The van der Waals surface area contributed by atoms with Crippen molar-refractivity contribution < 1.29 is 27.5 Å². The molecule has 2 aliphatic rings. The smallest absolute Gasteiger partial charge is 0.274 e. The molecule has 1 N–H and O–H groups in total. The van der Waals surface area contributed by atoms with Crippen LogP contribution in [0.5, 0.6) is 5.75 Å². The van der Waals surface area contributed by atoms with Crippen molar-refractivity contribution in [1.29, 1.82) is 0 Å². The average molecular weight is 526 g/mol. The second-order valence-electron chi connectivity index (χ2n) is 9.65. The number of hydrogen-bond donors (Lipinski definition) is 1. The normalized spacial score (nSPS) is 18.5. The first-order valence-electron chi connectivity index (χ1n) is 12.4. The van der Waals surface area contributed by atoms with Crippen LogP contribution in [-0.4, -0.2) is 41.0 Å². The second-order valence-corrected chi connectivity index (χ2v) is 9.65. The van der Waals surface area contributed by atoms with Gasteiger partial charge in [0, 0.05) is 37.5 Å². The van der Waals surface area contributed by atoms with Gasteiger partial charge in [-0.25, -0.2) is 13.2 Å². The number of alkyl halides is 1. The summed E-state index contributed by atoms with van der Waals surface area (Å²) in [6.45, 7) is -0.638. The lowest BCUT2D eigenvalue weighted by molar-refractivity contribution is 0.0512. The molecule has 0 saturated carbocycles. The molecule has 0 aliphatic carbocycles. The van der Waals surface area contributed by atoms with Crippen LogP contribution in [-0.2, 0) is 18.7 Å². The van der Waals surface area contributed by atoms with E-state index in [0.29, 0.717) is 31.9 Å². The Morgan fingerprint density at radius 3 is 2.61 bits per heavy atom. The zero-order chi connectivity index (χ0) is 26.9. The summed E-state index contributed by atoms with van der Waals surface area (Å²) in [5.41, 5.74) is -1.68. The molecule has 1 atom stereocenters. The summed E-state index contributed by atoms with van der Waals surface area (Å²) < 4.78 is 49.4. The standard InChI is InChI=1S/C28H26F3N3O4/c29-16-28-10-4-5-11-33(17-28)27(37)23-25(38-15-18-6-2-1-3-7-18)24(35)21(14-34(23)28)26(36)32-13-19-8-9-20(30)12-22(19)31/h1-3,6-9,12,14H,4-5,10-11,13,15-17H2,(H,32,36)/t28-/m0/s1. The Labute approximate surface area is 216 Å². The highest BCUT2D eigenvalue weighted by atomic mass is 19.1. The van der Waals surface area contributed by atoms with E-state index in [1.54, 1.807) is 24.3 Å². The number of fused-ring (bicyclic) bond motifs is 4. The van der Waals surface area contributed by atoms with Gasteiger partial charge in [-0.3, -0.25) is 14.4 Å². The van der Waals surface area contributed by atoms with Gasteiger partial charge in [0.1, 0.15) is 30.5 Å². The second kappa shape index (κ2) is 10.4. The van der Waals surface area contributed by atoms with Gasteiger partial charge in [0.2, 0.25) is 5.43 Å². The van der Waals surface area contributed by atoms with Crippen LogP contribution in [0.3, 0.4) is 0 Å². The zero-order valence-electron chi connectivity index (χ0n) is 20.5. The van der Waals surface area contributed by atoms with Crippen LogP contribution >= 0.6 is 0 Å². The fourth-order valence-corrected chi connectivity index (χ4v) is 5.09. The van der Waals surface area contributed by atoms with E-state index in [1.807, 2.05) is 6.07 Å². The number of nitrogens with one attached hydrogen (secondary N) is 1. The molecule has 2 aliphatic heterocycles. The maximum absolute atomic E-state index is 14.7. The summed E-state index contributed by atoms with van der Waals surface area (Å²) in [6.07, 6.45) is 2.96. The van der Waals surface area contributed by atoms with E-state index in [4.69, 9.17) is 4.74 Å². The molecule has 1 fully saturated rings. The van der Waals surface area contributed by atoms with Crippen molar-refractivity contribution in [3.8, 4) is 5.75 Å². The first-order chi connectivity index (χ1) is 18.3. The largest absolute Gasteiger partial charge is 0.483 e. The molecular weight excluding hydrogens is 499 g/mol. The van der Waals surface area contributed by atoms with Gasteiger partial charge < -0.3 is 19.5 Å². The minimum absolute atomic E-state index is 0.0215. The highest BCUT2D eigenvalue weighted by Crippen LogP contribution is 2.37. The molecule has 2 bridgehead atoms. The minimum atomic E-state index is -1.16. The van der Waals surface area contributed by atoms with Gasteiger partial charge in [-0.2, -0.15) is 0 Å². The van der Waals surface area contributed by atoms with Crippen molar-refractivity contribution in [3.63, 3.8) is 0 Å². The molecule has 1 saturated heterocycles. The van der Waals surface area contributed by atoms with Crippen molar-refractivity contribution in [2.24, 2.45) is 0 Å². The molecule has 1 aromatic heterocycles. The molecule has 38 heavy (non-hydrogen) atoms. The number of pyridine rings is 1. The Kier molecular flexibility index (Phi) is 6.96. The van der Waals surface area contributed by atoms with Crippen LogP contribution in [0.25, 0.3) is 0 Å². The van der Waals surface area contributed by atoms with Crippen molar-refractivity contribution in [1.82, 2.24) is 14.8 Å². The van der Waals surface area contributed by atoms with E-state index >= 15 is 0 Å². The Balaban J connectivity index is 1.58. The quantitative estimate of drug-likeness (QED) is 0.507. The van der Waals surface area contributed by atoms with E-state index < -0.39 is 41.1 Å². The summed E-state index contributed by atoms with van der Waals surface area (Å²) in [6, 6.07) is 11.9. The third-order valence-corrected chi connectivity index (χ3v) is 7.15. The summed E-state index contributed by atoms with van der Waals surface area (Å²) >= 11 is 0. The lowest BCUT2D eigenvalue weighted by atomic mass is 9.91. The number of nitrogens with zero attached hydrogens (tertiary/aromatic N) is 2. The minimum Gasteiger partial charge on any atom is -0.483 e. The van der Waals surface area contributed by atoms with Crippen LogP contribution in [0.2, 0.25) is 0 Å². The predicted molar refractivity (Wildman–Crippen MR) is 133 cm³/mol. The summed E-state index contributed by atoms with van der Waals surface area (Å²) in [5.74, 6) is -3.25. The molecule has 10 heteroatoms. The number of ether oxygens (including phenoxy) is 1. The van der Waals surface area contributed by atoms with Crippen molar-refractivity contribution >= 4 is 11.8 Å². The van der Waals surface area contributed by atoms with E-state index in [1.165, 1.54) is 21.7 Å². The van der Waals surface area contributed by atoms with Gasteiger partial charge in [0.15, 0.2) is 11.4 Å². The Morgan fingerprint density at radius 1 is 1.08 bits per heavy atom. The Bertz CT molecular complexity index is 1440. The third kappa shape index (κ3) is 4.66. The predicted octanol–water partition coefficient (Wildman–Crippen LogP) is 3.94. The van der Waals surface area contributed by atoms with Crippen LogP contribution in [0.15, 0.2) is 59.5 Å². The number of aromatic nitrogens is 1. The molecule has 3 aromatic rings. The summed E-state index contributed by atoms with van der Waals surface area (Å²) in [5, 5.41) is 2.47. The summed E-state index contributed by atoms with van der Waals surface area (Å²) in [4.78, 5) is 41.8. The number of benzene rings is 2. The highest BCUT2D eigenvalue weighted by molar-refractivity contribution is 5.99. The third-order valence-electron chi connectivity index (χ3n) is 7.15. The SMILES string of the molecule is O=C(NCc1ccc(F)cc1F)c1cn2c(c(OCc3ccccc3)c1=O)C(=O)N1CCCC[C@]2(CF)C1. The monoisotopic (exact) mass is 525 g/mol. The lowest BCUT2D eigenvalue weighted by Gasteiger charge is -2.43. The number of hydrogen-bond acceptors (Lipinski definition) is 4. The van der Waals surface area contributed by atoms with Crippen LogP contribution in [0, 0.1) is 11.6 Å². The number of halogens is 3. The Morgan fingerprint density at radius 2 is 1.87 bits per heavy atom. The van der Waals surface area contributed by atoms with E-state index in [9.17, 15) is 27.6 Å². The van der Waals surface area contributed by atoms with Crippen molar-refractivity contribution in [3.05, 3.63) is 99.0 Å². The van der Waals surface area contributed by atoms with E-state index in [0.717, 1.165) is 11.6 Å². The first-order valence-corrected chi connectivity index (χ1v) is 12.4. The average Bonchev–Trinajstić information content (AvgIpc) is 3.12. The van der Waals surface area contributed by atoms with Gasteiger partial charge in [-0.15, -0.1) is 0 Å². The maximum Gasteiger partial charge on any atom is 0.274 e. The molecule has 198 valence electrons. The Hall–Kier alpha value is -4.08. The fourth-order valence-electron chi connectivity index (χ4n) is 5.09. The number of amides is 2. The molecule has 7 nitrogen and oxygen atoms in total. The van der Waals surface area contributed by atoms with Gasteiger partial charge in [-0.1, -0.05) is 36.4 Å². The maximum atomic E-state index is 14.7. The lowest BCUT2D eigenvalue weighted by Crippen LogP contribution is -2.55. The molecule has 2 aromatic carbocycles. The van der Waals surface area contributed by atoms with Crippen LogP contribution < -0.4 is 15.5 Å². The van der Waals surface area contributed by atoms with Crippen LogP contribution in [0.4, 0.5) is 13.2 Å². The number of carbonyl (C=O) groups excluding carboxylic acids is 2. The molecule has 2 amide bonds. The highest BCUT2D eigenvalue weighted by Gasteiger charge is 2.46. The number of rotatable bonds is 7. The van der Waals surface area contributed by atoms with Gasteiger partial charge in [0.05, 0.1) is 5.54 Å². The first kappa shape index (κ1) is 25.6. The van der Waals surface area contributed by atoms with Gasteiger partial charge >= 0.3 is 0 Å². The molecule has 5 rings (SSSR count).